The number of nitrogens with one attached hydrogen (secondary N) is 2. The Bertz CT molecular complexity index is 851. The van der Waals surface area contributed by atoms with Gasteiger partial charge >= 0.3 is 5.97 Å². The van der Waals surface area contributed by atoms with Crippen molar-refractivity contribution in [3.05, 3.63) is 52.5 Å². The molecule has 1 aromatic heterocycles. The molecule has 1 aromatic carbocycles. The molecule has 26 heavy (non-hydrogen) atoms. The standard InChI is InChI=1S/C16H17FN2O5S2/c1-11(14-3-2-8-25-14)19-15(20)10-24-16(21)9-18-26(22,23)13-6-4-12(17)5-7-13/h2-8,11,18H,9-10H2,1H3,(H,19,20)/t11-/m0/s1. The molecule has 140 valence electrons. The molecule has 0 aliphatic carbocycles. The SMILES string of the molecule is C[C@H](NC(=O)COC(=O)CNS(=O)(=O)c1ccc(F)cc1)c1cccs1. The van der Waals surface area contributed by atoms with E-state index >= 15 is 0 Å². The molecule has 0 fully saturated rings. The van der Waals surface area contributed by atoms with E-state index in [1.54, 1.807) is 6.92 Å². The fourth-order valence-corrected chi connectivity index (χ4v) is 3.64. The molecule has 2 aromatic rings. The van der Waals surface area contributed by atoms with E-state index in [2.05, 4.69) is 5.32 Å². The maximum absolute atomic E-state index is 12.8. The Kier molecular flexibility index (Phi) is 6.83. The molecule has 0 bridgehead atoms. The number of hydrogen-bond donors (Lipinski definition) is 2. The van der Waals surface area contributed by atoms with Crippen molar-refractivity contribution < 1.29 is 27.1 Å². The van der Waals surface area contributed by atoms with Crippen LogP contribution in [0, 0.1) is 5.82 Å². The Labute approximate surface area is 154 Å². The number of amides is 1. The lowest BCUT2D eigenvalue weighted by Crippen LogP contribution is -2.34. The van der Waals surface area contributed by atoms with Gasteiger partial charge in [0.25, 0.3) is 5.91 Å². The molecule has 0 saturated carbocycles. The molecule has 1 amide bonds. The molecule has 1 atom stereocenters. The first-order valence-electron chi connectivity index (χ1n) is 7.51. The average molecular weight is 400 g/mol. The number of halogens is 1. The highest BCUT2D eigenvalue weighted by molar-refractivity contribution is 7.89. The van der Waals surface area contributed by atoms with Crippen LogP contribution < -0.4 is 10.0 Å². The number of carbonyl (C=O) groups is 2. The van der Waals surface area contributed by atoms with E-state index in [9.17, 15) is 22.4 Å². The van der Waals surface area contributed by atoms with Crippen LogP contribution in [0.3, 0.4) is 0 Å². The molecule has 0 unspecified atom stereocenters. The van der Waals surface area contributed by atoms with Crippen molar-refractivity contribution in [1.82, 2.24) is 10.0 Å². The zero-order valence-corrected chi connectivity index (χ0v) is 15.4. The van der Waals surface area contributed by atoms with E-state index in [-0.39, 0.29) is 10.9 Å². The minimum atomic E-state index is -3.98. The highest BCUT2D eigenvalue weighted by Crippen LogP contribution is 2.17. The van der Waals surface area contributed by atoms with E-state index < -0.39 is 40.9 Å². The summed E-state index contributed by atoms with van der Waals surface area (Å²) in [5.41, 5.74) is 0. The molecular formula is C16H17FN2O5S2. The fraction of sp³-hybridized carbons (Fsp3) is 0.250. The van der Waals surface area contributed by atoms with Crippen molar-refractivity contribution in [2.75, 3.05) is 13.2 Å². The second-order valence-corrected chi connectivity index (χ2v) is 7.99. The molecule has 0 aliphatic heterocycles. The molecule has 2 N–H and O–H groups in total. The maximum Gasteiger partial charge on any atom is 0.321 e. The van der Waals surface area contributed by atoms with Crippen LogP contribution in [0.4, 0.5) is 4.39 Å². The quantitative estimate of drug-likeness (QED) is 0.655. The number of thiophene rings is 1. The Morgan fingerprint density at radius 2 is 1.92 bits per heavy atom. The van der Waals surface area contributed by atoms with Gasteiger partial charge in [0.2, 0.25) is 10.0 Å². The first-order chi connectivity index (χ1) is 12.3. The lowest BCUT2D eigenvalue weighted by Gasteiger charge is -2.12. The van der Waals surface area contributed by atoms with Gasteiger partial charge < -0.3 is 10.1 Å². The topological polar surface area (TPSA) is 102 Å². The Morgan fingerprint density at radius 3 is 2.54 bits per heavy atom. The van der Waals surface area contributed by atoms with E-state index in [1.165, 1.54) is 11.3 Å². The molecule has 1 heterocycles. The summed E-state index contributed by atoms with van der Waals surface area (Å²) in [7, 11) is -3.98. The van der Waals surface area contributed by atoms with Crippen molar-refractivity contribution >= 4 is 33.2 Å². The number of rotatable bonds is 8. The van der Waals surface area contributed by atoms with Gasteiger partial charge in [0.05, 0.1) is 10.9 Å². The summed E-state index contributed by atoms with van der Waals surface area (Å²) in [6.07, 6.45) is 0. The van der Waals surface area contributed by atoms with Crippen molar-refractivity contribution in [2.24, 2.45) is 0 Å². The van der Waals surface area contributed by atoms with E-state index in [0.29, 0.717) is 0 Å². The molecule has 0 spiro atoms. The number of ether oxygens (including phenoxy) is 1. The smallest absolute Gasteiger partial charge is 0.321 e. The van der Waals surface area contributed by atoms with Crippen LogP contribution in [-0.2, 0) is 24.3 Å². The summed E-state index contributed by atoms with van der Waals surface area (Å²) in [5.74, 6) is -1.98. The summed E-state index contributed by atoms with van der Waals surface area (Å²) in [4.78, 5) is 24.1. The van der Waals surface area contributed by atoms with Crippen molar-refractivity contribution in [3.8, 4) is 0 Å². The molecule has 0 aliphatic rings. The van der Waals surface area contributed by atoms with Crippen LogP contribution in [0.15, 0.2) is 46.7 Å². The minimum absolute atomic E-state index is 0.186. The van der Waals surface area contributed by atoms with Crippen LogP contribution >= 0.6 is 11.3 Å². The zero-order valence-electron chi connectivity index (χ0n) is 13.8. The van der Waals surface area contributed by atoms with Gasteiger partial charge in [-0.15, -0.1) is 11.3 Å². The molecule has 0 saturated heterocycles. The Hall–Kier alpha value is -2.30. The van der Waals surface area contributed by atoms with Crippen LogP contribution in [0.5, 0.6) is 0 Å². The first-order valence-corrected chi connectivity index (χ1v) is 9.88. The van der Waals surface area contributed by atoms with E-state index in [1.807, 2.05) is 22.2 Å². The highest BCUT2D eigenvalue weighted by atomic mass is 32.2. The van der Waals surface area contributed by atoms with Gasteiger partial charge in [0.1, 0.15) is 12.4 Å². The monoisotopic (exact) mass is 400 g/mol. The summed E-state index contributed by atoms with van der Waals surface area (Å²) in [5, 5.41) is 4.54. The van der Waals surface area contributed by atoms with Gasteiger partial charge in [-0.05, 0) is 42.6 Å². The average Bonchev–Trinajstić information content (AvgIpc) is 3.13. The van der Waals surface area contributed by atoms with Crippen LogP contribution in [0.25, 0.3) is 0 Å². The van der Waals surface area contributed by atoms with Gasteiger partial charge in [-0.3, -0.25) is 9.59 Å². The Balaban J connectivity index is 1.76. The highest BCUT2D eigenvalue weighted by Gasteiger charge is 2.17. The third-order valence-corrected chi connectivity index (χ3v) is 5.71. The summed E-state index contributed by atoms with van der Waals surface area (Å²) < 4.78 is 43.5. The minimum Gasteiger partial charge on any atom is -0.455 e. The van der Waals surface area contributed by atoms with Gasteiger partial charge in [-0.1, -0.05) is 6.07 Å². The second-order valence-electron chi connectivity index (χ2n) is 5.24. The largest absolute Gasteiger partial charge is 0.455 e. The maximum atomic E-state index is 12.8. The number of benzene rings is 1. The number of sulfonamides is 1. The fourth-order valence-electron chi connectivity index (χ4n) is 1.94. The van der Waals surface area contributed by atoms with Crippen LogP contribution in [-0.4, -0.2) is 33.4 Å². The van der Waals surface area contributed by atoms with Crippen molar-refractivity contribution in [2.45, 2.75) is 17.9 Å². The normalized spacial score (nSPS) is 12.4. The number of hydrogen-bond acceptors (Lipinski definition) is 6. The summed E-state index contributed by atoms with van der Waals surface area (Å²) in [6, 6.07) is 7.63. The predicted molar refractivity (Wildman–Crippen MR) is 93.4 cm³/mol. The molecule has 10 heteroatoms. The van der Waals surface area contributed by atoms with Gasteiger partial charge in [0, 0.05) is 4.88 Å². The van der Waals surface area contributed by atoms with E-state index in [4.69, 9.17) is 4.74 Å². The Morgan fingerprint density at radius 1 is 1.23 bits per heavy atom. The number of carbonyl (C=O) groups excluding carboxylic acids is 2. The van der Waals surface area contributed by atoms with Crippen LogP contribution in [0.1, 0.15) is 17.8 Å². The second kappa shape index (κ2) is 8.88. The van der Waals surface area contributed by atoms with Gasteiger partial charge in [0.15, 0.2) is 6.61 Å². The molecule has 7 nitrogen and oxygen atoms in total. The van der Waals surface area contributed by atoms with Crippen molar-refractivity contribution in [1.29, 1.82) is 0 Å². The number of esters is 1. The third-order valence-electron chi connectivity index (χ3n) is 3.24. The summed E-state index contributed by atoms with van der Waals surface area (Å²) in [6.45, 7) is 0.628. The molecular weight excluding hydrogens is 383 g/mol. The lowest BCUT2D eigenvalue weighted by molar-refractivity contribution is -0.147. The molecule has 0 radical (unpaired) electrons. The molecule has 2 rings (SSSR count). The van der Waals surface area contributed by atoms with Crippen LogP contribution in [0.2, 0.25) is 0 Å². The van der Waals surface area contributed by atoms with E-state index in [0.717, 1.165) is 29.1 Å². The first kappa shape index (κ1) is 20.0. The summed E-state index contributed by atoms with van der Waals surface area (Å²) >= 11 is 1.48. The van der Waals surface area contributed by atoms with Gasteiger partial charge in [-0.2, -0.15) is 4.72 Å². The predicted octanol–water partition coefficient (Wildman–Crippen LogP) is 1.59. The lowest BCUT2D eigenvalue weighted by atomic mass is 10.3. The van der Waals surface area contributed by atoms with Crippen molar-refractivity contribution in [3.63, 3.8) is 0 Å². The third kappa shape index (κ3) is 5.90. The zero-order chi connectivity index (χ0) is 19.2. The van der Waals surface area contributed by atoms with Gasteiger partial charge in [-0.25, -0.2) is 12.8 Å².